The summed E-state index contributed by atoms with van der Waals surface area (Å²) in [7, 11) is -3.09. The van der Waals surface area contributed by atoms with Crippen LogP contribution in [0.3, 0.4) is 0 Å². The van der Waals surface area contributed by atoms with E-state index >= 15 is 0 Å². The summed E-state index contributed by atoms with van der Waals surface area (Å²) in [6.45, 7) is 9.28. The van der Waals surface area contributed by atoms with Gasteiger partial charge in [0.1, 0.15) is 0 Å². The van der Waals surface area contributed by atoms with Gasteiger partial charge < -0.3 is 10.3 Å². The number of hydrogen-bond acceptors (Lipinski definition) is 3. The summed E-state index contributed by atoms with van der Waals surface area (Å²) in [4.78, 5) is 3.42. The van der Waals surface area contributed by atoms with E-state index in [0.717, 1.165) is 31.4 Å². The van der Waals surface area contributed by atoms with Crippen molar-refractivity contribution in [1.29, 1.82) is 0 Å². The summed E-state index contributed by atoms with van der Waals surface area (Å²) in [5.74, 6) is 1.20. The van der Waals surface area contributed by atoms with Crippen molar-refractivity contribution in [2.45, 2.75) is 46.1 Å². The van der Waals surface area contributed by atoms with Crippen molar-refractivity contribution >= 4 is 20.9 Å². The lowest BCUT2D eigenvalue weighted by Crippen LogP contribution is -2.38. The van der Waals surface area contributed by atoms with Crippen LogP contribution < -0.4 is 5.32 Å². The van der Waals surface area contributed by atoms with Gasteiger partial charge in [0.15, 0.2) is 0 Å². The average molecular weight is 454 g/mol. The molecule has 172 valence electrons. The largest absolute Gasteiger partial charge is 0.361 e. The number of nitrogens with one attached hydrogen (secondary N) is 2. The maximum Gasteiger partial charge on any atom is 0.213 e. The lowest BCUT2D eigenvalue weighted by atomic mass is 9.89. The van der Waals surface area contributed by atoms with E-state index in [9.17, 15) is 8.42 Å². The first kappa shape index (κ1) is 23.0. The molecule has 0 radical (unpaired) electrons. The zero-order valence-corrected chi connectivity index (χ0v) is 20.2. The van der Waals surface area contributed by atoms with Crippen LogP contribution in [0.2, 0.25) is 0 Å². The maximum atomic E-state index is 12.2. The van der Waals surface area contributed by atoms with Crippen LogP contribution in [-0.2, 0) is 16.6 Å². The normalized spacial score (nSPS) is 16.2. The van der Waals surface area contributed by atoms with Crippen molar-refractivity contribution in [2.75, 3.05) is 25.4 Å². The topological polar surface area (TPSA) is 65.2 Å². The van der Waals surface area contributed by atoms with Crippen molar-refractivity contribution in [2.24, 2.45) is 5.92 Å². The number of piperidine rings is 1. The summed E-state index contributed by atoms with van der Waals surface area (Å²) in [6.07, 6.45) is 3.86. The second-order valence-electron chi connectivity index (χ2n) is 9.30. The summed E-state index contributed by atoms with van der Waals surface area (Å²) >= 11 is 0. The minimum atomic E-state index is -3.09. The molecule has 0 spiro atoms. The van der Waals surface area contributed by atoms with Gasteiger partial charge in [0, 0.05) is 36.7 Å². The van der Waals surface area contributed by atoms with Gasteiger partial charge in [-0.15, -0.1) is 0 Å². The van der Waals surface area contributed by atoms with E-state index in [1.807, 2.05) is 0 Å². The number of nitrogens with zero attached hydrogens (tertiary/aromatic N) is 1. The lowest BCUT2D eigenvalue weighted by Gasteiger charge is -2.30. The Hall–Kier alpha value is -2.15. The molecule has 1 fully saturated rings. The Morgan fingerprint density at radius 1 is 1.09 bits per heavy atom. The molecule has 1 aliphatic rings. The highest BCUT2D eigenvalue weighted by Crippen LogP contribution is 2.35. The van der Waals surface area contributed by atoms with Crippen molar-refractivity contribution in [3.63, 3.8) is 0 Å². The Balaban J connectivity index is 1.54. The first-order chi connectivity index (χ1) is 15.4. The third-order valence-electron chi connectivity index (χ3n) is 6.51. The molecule has 4 rings (SSSR count). The van der Waals surface area contributed by atoms with Crippen LogP contribution in [0, 0.1) is 5.92 Å². The molecule has 0 amide bonds. The van der Waals surface area contributed by atoms with E-state index in [0.29, 0.717) is 24.9 Å². The Bertz CT molecular complexity index is 1160. The number of hydrogen-bond donors (Lipinski definition) is 2. The molecule has 6 heteroatoms. The first-order valence-electron chi connectivity index (χ1n) is 11.8. The predicted octanol–water partition coefficient (Wildman–Crippen LogP) is 5.11. The fraction of sp³-hybridized carbons (Fsp3) is 0.462. The fourth-order valence-electron chi connectivity index (χ4n) is 4.65. The number of H-pyrrole nitrogens is 1. The van der Waals surface area contributed by atoms with Gasteiger partial charge in [-0.05, 0) is 78.6 Å². The molecule has 1 saturated heterocycles. The van der Waals surface area contributed by atoms with E-state index in [-0.39, 0.29) is 5.75 Å². The van der Waals surface area contributed by atoms with Crippen molar-refractivity contribution < 1.29 is 8.42 Å². The summed E-state index contributed by atoms with van der Waals surface area (Å²) in [6, 6.07) is 15.4. The molecule has 0 bridgehead atoms. The molecule has 0 atom stereocenters. The van der Waals surface area contributed by atoms with Crippen molar-refractivity contribution in [1.82, 2.24) is 14.6 Å². The Kier molecular flexibility index (Phi) is 7.03. The van der Waals surface area contributed by atoms with Gasteiger partial charge in [-0.3, -0.25) is 0 Å². The minimum absolute atomic E-state index is 0.181. The molecular formula is C26H35N3O2S. The molecule has 3 aromatic rings. The number of benzene rings is 2. The number of rotatable bonds is 8. The molecule has 0 saturated carbocycles. The monoisotopic (exact) mass is 453 g/mol. The standard InChI is InChI=1S/C26H35N3O2S/c1-4-32(30,31)29-12-10-21(11-13-29)25-18-28-26-9-8-23(15-24(25)26)22-7-5-6-20(14-22)17-27-16-19(2)3/h5-9,14-15,18-19,21,27-28H,4,10-13,16-17H2,1-3H3. The molecule has 5 nitrogen and oxygen atoms in total. The lowest BCUT2D eigenvalue weighted by molar-refractivity contribution is 0.321. The molecule has 1 aromatic heterocycles. The summed E-state index contributed by atoms with van der Waals surface area (Å²) < 4.78 is 26.1. The smallest absolute Gasteiger partial charge is 0.213 e. The van der Waals surface area contributed by atoms with Gasteiger partial charge in [-0.1, -0.05) is 38.1 Å². The third-order valence-corrected chi connectivity index (χ3v) is 8.39. The Labute approximate surface area is 192 Å². The quantitative estimate of drug-likeness (QED) is 0.498. The van der Waals surface area contributed by atoms with Crippen molar-refractivity contribution in [3.05, 3.63) is 59.8 Å². The van der Waals surface area contributed by atoms with Gasteiger partial charge in [0.05, 0.1) is 5.75 Å². The zero-order chi connectivity index (χ0) is 22.7. The summed E-state index contributed by atoms with van der Waals surface area (Å²) in [5.41, 5.74) is 6.19. The third kappa shape index (κ3) is 5.08. The number of fused-ring (bicyclic) bond motifs is 1. The molecule has 0 aliphatic carbocycles. The van der Waals surface area contributed by atoms with E-state index in [2.05, 4.69) is 72.8 Å². The second kappa shape index (κ2) is 9.77. The highest BCUT2D eigenvalue weighted by atomic mass is 32.2. The van der Waals surface area contributed by atoms with Crippen LogP contribution in [-0.4, -0.2) is 43.1 Å². The van der Waals surface area contributed by atoms with Crippen LogP contribution in [0.5, 0.6) is 0 Å². The van der Waals surface area contributed by atoms with Crippen LogP contribution in [0.4, 0.5) is 0 Å². The van der Waals surface area contributed by atoms with Gasteiger partial charge in [-0.25, -0.2) is 12.7 Å². The highest BCUT2D eigenvalue weighted by molar-refractivity contribution is 7.89. The second-order valence-corrected chi connectivity index (χ2v) is 11.6. The van der Waals surface area contributed by atoms with E-state index in [4.69, 9.17) is 0 Å². The van der Waals surface area contributed by atoms with Crippen LogP contribution in [0.15, 0.2) is 48.7 Å². The van der Waals surface area contributed by atoms with E-state index < -0.39 is 10.0 Å². The SMILES string of the molecule is CCS(=O)(=O)N1CCC(c2c[nH]c3ccc(-c4cccc(CNCC(C)C)c4)cc23)CC1. The molecule has 1 aliphatic heterocycles. The number of aromatic amines is 1. The number of aromatic nitrogens is 1. The fourth-order valence-corrected chi connectivity index (χ4v) is 5.79. The van der Waals surface area contributed by atoms with Gasteiger partial charge in [0.2, 0.25) is 10.0 Å². The van der Waals surface area contributed by atoms with Gasteiger partial charge in [0.25, 0.3) is 0 Å². The molecule has 32 heavy (non-hydrogen) atoms. The molecular weight excluding hydrogens is 418 g/mol. The highest BCUT2D eigenvalue weighted by Gasteiger charge is 2.28. The molecule has 0 unspecified atom stereocenters. The van der Waals surface area contributed by atoms with Crippen molar-refractivity contribution in [3.8, 4) is 11.1 Å². The van der Waals surface area contributed by atoms with Crippen LogP contribution >= 0.6 is 0 Å². The first-order valence-corrected chi connectivity index (χ1v) is 13.4. The summed E-state index contributed by atoms with van der Waals surface area (Å²) in [5, 5.41) is 4.78. The molecule has 2 heterocycles. The molecule has 2 aromatic carbocycles. The Morgan fingerprint density at radius 2 is 1.84 bits per heavy atom. The molecule has 2 N–H and O–H groups in total. The zero-order valence-electron chi connectivity index (χ0n) is 19.4. The van der Waals surface area contributed by atoms with E-state index in [1.54, 1.807) is 11.2 Å². The number of sulfonamides is 1. The van der Waals surface area contributed by atoms with E-state index in [1.165, 1.54) is 27.6 Å². The van der Waals surface area contributed by atoms with Crippen LogP contribution in [0.1, 0.15) is 50.7 Å². The van der Waals surface area contributed by atoms with Gasteiger partial charge >= 0.3 is 0 Å². The van der Waals surface area contributed by atoms with Gasteiger partial charge in [-0.2, -0.15) is 0 Å². The Morgan fingerprint density at radius 3 is 2.56 bits per heavy atom. The minimum Gasteiger partial charge on any atom is -0.361 e. The predicted molar refractivity (Wildman–Crippen MR) is 133 cm³/mol. The average Bonchev–Trinajstić information content (AvgIpc) is 3.22. The maximum absolute atomic E-state index is 12.2. The van der Waals surface area contributed by atoms with Crippen LogP contribution in [0.25, 0.3) is 22.0 Å².